The van der Waals surface area contributed by atoms with Gasteiger partial charge in [-0.15, -0.1) is 0 Å². The molecule has 0 aliphatic carbocycles. The standard InChI is InChI=1S/C9H17NO4/c1-2-14-9(13)3-4-10-5-7(11)8(12)6-10/h7-8,11-12H,2-6H2,1H3. The topological polar surface area (TPSA) is 70.0 Å². The zero-order chi connectivity index (χ0) is 10.6. The molecule has 0 saturated carbocycles. The van der Waals surface area contributed by atoms with Crippen LogP contribution in [0.2, 0.25) is 0 Å². The highest BCUT2D eigenvalue weighted by atomic mass is 16.5. The second-order valence-electron chi connectivity index (χ2n) is 3.45. The lowest BCUT2D eigenvalue weighted by Gasteiger charge is -2.13. The minimum absolute atomic E-state index is 0.233. The summed E-state index contributed by atoms with van der Waals surface area (Å²) in [5.74, 6) is -0.233. The van der Waals surface area contributed by atoms with Gasteiger partial charge < -0.3 is 14.9 Å². The van der Waals surface area contributed by atoms with Crippen molar-refractivity contribution in [1.29, 1.82) is 0 Å². The molecule has 0 aromatic carbocycles. The number of β-amino-alcohol motifs (C(OH)–C–C–N with tert-alkyl or cyclic N) is 2. The predicted octanol–water partition coefficient (Wildman–Crippen LogP) is -1.02. The van der Waals surface area contributed by atoms with Crippen LogP contribution in [0.5, 0.6) is 0 Å². The molecule has 82 valence electrons. The zero-order valence-corrected chi connectivity index (χ0v) is 8.35. The third-order valence-corrected chi connectivity index (χ3v) is 2.27. The summed E-state index contributed by atoms with van der Waals surface area (Å²) in [4.78, 5) is 12.8. The highest BCUT2D eigenvalue weighted by molar-refractivity contribution is 5.69. The number of carbonyl (C=O) groups excluding carboxylic acids is 1. The van der Waals surface area contributed by atoms with Crippen molar-refractivity contribution in [2.24, 2.45) is 0 Å². The second kappa shape index (κ2) is 5.29. The smallest absolute Gasteiger partial charge is 0.307 e. The van der Waals surface area contributed by atoms with Crippen LogP contribution in [0.25, 0.3) is 0 Å². The number of aliphatic hydroxyl groups excluding tert-OH is 2. The normalized spacial score (nSPS) is 27.9. The van der Waals surface area contributed by atoms with Crippen LogP contribution in [0.15, 0.2) is 0 Å². The van der Waals surface area contributed by atoms with Crippen molar-refractivity contribution in [2.75, 3.05) is 26.2 Å². The van der Waals surface area contributed by atoms with E-state index in [1.165, 1.54) is 0 Å². The molecule has 1 aliphatic rings. The molecule has 1 saturated heterocycles. The molecule has 1 fully saturated rings. The summed E-state index contributed by atoms with van der Waals surface area (Å²) in [5, 5.41) is 18.5. The fourth-order valence-corrected chi connectivity index (χ4v) is 1.51. The van der Waals surface area contributed by atoms with E-state index in [0.717, 1.165) is 0 Å². The first kappa shape index (κ1) is 11.4. The van der Waals surface area contributed by atoms with E-state index in [4.69, 9.17) is 4.74 Å². The average molecular weight is 203 g/mol. The Balaban J connectivity index is 2.17. The number of esters is 1. The number of carbonyl (C=O) groups is 1. The third kappa shape index (κ3) is 3.25. The lowest BCUT2D eigenvalue weighted by atomic mass is 10.3. The number of nitrogens with zero attached hydrogens (tertiary/aromatic N) is 1. The van der Waals surface area contributed by atoms with E-state index >= 15 is 0 Å². The summed E-state index contributed by atoms with van der Waals surface area (Å²) in [5.41, 5.74) is 0. The Morgan fingerprint density at radius 2 is 2.00 bits per heavy atom. The van der Waals surface area contributed by atoms with Gasteiger partial charge in [0, 0.05) is 19.6 Å². The van der Waals surface area contributed by atoms with Gasteiger partial charge in [0.05, 0.1) is 25.2 Å². The molecular weight excluding hydrogens is 186 g/mol. The van der Waals surface area contributed by atoms with Crippen molar-refractivity contribution < 1.29 is 19.7 Å². The number of aliphatic hydroxyl groups is 2. The summed E-state index contributed by atoms with van der Waals surface area (Å²) in [6.45, 7) is 3.56. The van der Waals surface area contributed by atoms with Gasteiger partial charge in [-0.1, -0.05) is 0 Å². The maximum Gasteiger partial charge on any atom is 0.307 e. The van der Waals surface area contributed by atoms with Crippen LogP contribution in [0, 0.1) is 0 Å². The first-order valence-corrected chi connectivity index (χ1v) is 4.87. The maximum absolute atomic E-state index is 11.0. The SMILES string of the molecule is CCOC(=O)CCN1CC(O)C(O)C1. The van der Waals surface area contributed by atoms with E-state index in [9.17, 15) is 15.0 Å². The number of hydrogen-bond acceptors (Lipinski definition) is 5. The number of rotatable bonds is 4. The van der Waals surface area contributed by atoms with Crippen molar-refractivity contribution in [1.82, 2.24) is 4.90 Å². The van der Waals surface area contributed by atoms with Crippen LogP contribution in [-0.2, 0) is 9.53 Å². The molecule has 1 rings (SSSR count). The highest BCUT2D eigenvalue weighted by Gasteiger charge is 2.29. The number of hydrogen-bond donors (Lipinski definition) is 2. The minimum atomic E-state index is -0.683. The van der Waals surface area contributed by atoms with Gasteiger partial charge in [0.25, 0.3) is 0 Å². The van der Waals surface area contributed by atoms with E-state index in [0.29, 0.717) is 32.7 Å². The molecule has 14 heavy (non-hydrogen) atoms. The van der Waals surface area contributed by atoms with Gasteiger partial charge in [0.2, 0.25) is 0 Å². The van der Waals surface area contributed by atoms with E-state index < -0.39 is 12.2 Å². The van der Waals surface area contributed by atoms with Crippen LogP contribution < -0.4 is 0 Å². The monoisotopic (exact) mass is 203 g/mol. The van der Waals surface area contributed by atoms with Gasteiger partial charge in [-0.2, -0.15) is 0 Å². The molecule has 0 aromatic heterocycles. The van der Waals surface area contributed by atoms with E-state index in [1.807, 2.05) is 4.90 Å². The Morgan fingerprint density at radius 1 is 1.43 bits per heavy atom. The predicted molar refractivity (Wildman–Crippen MR) is 49.7 cm³/mol. The second-order valence-corrected chi connectivity index (χ2v) is 3.45. The Kier molecular flexibility index (Phi) is 4.31. The summed E-state index contributed by atoms with van der Waals surface area (Å²) in [7, 11) is 0. The third-order valence-electron chi connectivity index (χ3n) is 2.27. The molecule has 1 aliphatic heterocycles. The van der Waals surface area contributed by atoms with Crippen molar-refractivity contribution >= 4 is 5.97 Å². The van der Waals surface area contributed by atoms with Gasteiger partial charge in [0.1, 0.15) is 0 Å². The molecule has 0 spiro atoms. The molecular formula is C9H17NO4. The Hall–Kier alpha value is -0.650. The van der Waals surface area contributed by atoms with Crippen molar-refractivity contribution in [3.63, 3.8) is 0 Å². The van der Waals surface area contributed by atoms with Crippen molar-refractivity contribution in [3.05, 3.63) is 0 Å². The van der Waals surface area contributed by atoms with Crippen molar-refractivity contribution in [3.8, 4) is 0 Å². The molecule has 2 N–H and O–H groups in total. The van der Waals surface area contributed by atoms with Gasteiger partial charge in [0.15, 0.2) is 0 Å². The molecule has 0 amide bonds. The summed E-state index contributed by atoms with van der Waals surface area (Å²) < 4.78 is 4.76. The quantitative estimate of drug-likeness (QED) is 0.572. The lowest BCUT2D eigenvalue weighted by molar-refractivity contribution is -0.143. The van der Waals surface area contributed by atoms with Gasteiger partial charge in [-0.3, -0.25) is 9.69 Å². The highest BCUT2D eigenvalue weighted by Crippen LogP contribution is 2.09. The van der Waals surface area contributed by atoms with Gasteiger partial charge in [-0.05, 0) is 6.92 Å². The molecule has 0 bridgehead atoms. The largest absolute Gasteiger partial charge is 0.466 e. The van der Waals surface area contributed by atoms with Crippen LogP contribution in [0.3, 0.4) is 0 Å². The number of ether oxygens (including phenoxy) is 1. The summed E-state index contributed by atoms with van der Waals surface area (Å²) >= 11 is 0. The molecule has 2 unspecified atom stereocenters. The lowest BCUT2D eigenvalue weighted by Crippen LogP contribution is -2.25. The fourth-order valence-electron chi connectivity index (χ4n) is 1.51. The molecule has 2 atom stereocenters. The summed E-state index contributed by atoms with van der Waals surface area (Å²) in [6, 6.07) is 0. The Bertz CT molecular complexity index is 187. The zero-order valence-electron chi connectivity index (χ0n) is 8.35. The van der Waals surface area contributed by atoms with Crippen LogP contribution in [-0.4, -0.2) is 59.5 Å². The molecule has 0 radical (unpaired) electrons. The van der Waals surface area contributed by atoms with Crippen molar-refractivity contribution in [2.45, 2.75) is 25.6 Å². The van der Waals surface area contributed by atoms with Gasteiger partial charge >= 0.3 is 5.97 Å². The first-order valence-electron chi connectivity index (χ1n) is 4.87. The Labute approximate surface area is 83.3 Å². The Morgan fingerprint density at radius 3 is 2.50 bits per heavy atom. The molecule has 5 heteroatoms. The van der Waals surface area contributed by atoms with E-state index in [2.05, 4.69) is 0 Å². The molecule has 0 aromatic rings. The average Bonchev–Trinajstić information content (AvgIpc) is 2.44. The fraction of sp³-hybridized carbons (Fsp3) is 0.889. The van der Waals surface area contributed by atoms with Crippen LogP contribution >= 0.6 is 0 Å². The summed E-state index contributed by atoms with van der Waals surface area (Å²) in [6.07, 6.45) is -1.05. The molecule has 1 heterocycles. The maximum atomic E-state index is 11.0. The van der Waals surface area contributed by atoms with Gasteiger partial charge in [-0.25, -0.2) is 0 Å². The van der Waals surface area contributed by atoms with Crippen LogP contribution in [0.4, 0.5) is 0 Å². The van der Waals surface area contributed by atoms with Crippen LogP contribution in [0.1, 0.15) is 13.3 Å². The number of likely N-dealkylation sites (tertiary alicyclic amines) is 1. The first-order chi connectivity index (χ1) is 6.63. The minimum Gasteiger partial charge on any atom is -0.466 e. The van der Waals surface area contributed by atoms with E-state index in [1.54, 1.807) is 6.92 Å². The molecule has 5 nitrogen and oxygen atoms in total. The van der Waals surface area contributed by atoms with E-state index in [-0.39, 0.29) is 5.97 Å².